The van der Waals surface area contributed by atoms with Crippen LogP contribution in [0, 0.1) is 0 Å². The molecular weight excluding hydrogens is 717 g/mol. The molecule has 1 rings (SSSR count). The molecule has 0 saturated carbocycles. The van der Waals surface area contributed by atoms with Gasteiger partial charge in [0.2, 0.25) is 0 Å². The fourth-order valence-electron chi connectivity index (χ4n) is 6.18. The van der Waals surface area contributed by atoms with Gasteiger partial charge in [-0.15, -0.1) is 0 Å². The summed E-state index contributed by atoms with van der Waals surface area (Å²) in [6, 6.07) is 5.38. The SMILES string of the molecule is CO[Si](CCC[Si]1(C)OCCCC[SiH](C)O[Si](C)(CCC[Si](OC)(OC)OC)O[Si](C)(CCC[Si](OC)(OC)OC)O1)(OC)OC. The van der Waals surface area contributed by atoms with E-state index in [0.717, 1.165) is 56.3 Å². The maximum absolute atomic E-state index is 7.35. The van der Waals surface area contributed by atoms with Crippen LogP contribution in [-0.2, 0) is 56.6 Å². The van der Waals surface area contributed by atoms with E-state index in [0.29, 0.717) is 24.7 Å². The molecule has 46 heavy (non-hydrogen) atoms. The number of hydrogen-bond acceptors (Lipinski definition) is 13. The summed E-state index contributed by atoms with van der Waals surface area (Å²) < 4.78 is 79.9. The highest BCUT2D eigenvalue weighted by molar-refractivity contribution is 6.87. The predicted octanol–water partition coefficient (Wildman–Crippen LogP) is 5.22. The highest BCUT2D eigenvalue weighted by atomic mass is 28.5. The van der Waals surface area contributed by atoms with Crippen molar-refractivity contribution >= 4 is 61.1 Å². The van der Waals surface area contributed by atoms with Crippen LogP contribution in [0.2, 0.25) is 68.5 Å². The molecule has 0 aromatic heterocycles. The highest BCUT2D eigenvalue weighted by Gasteiger charge is 2.51. The van der Waals surface area contributed by atoms with E-state index in [1.807, 2.05) is 0 Å². The Morgan fingerprint density at radius 1 is 0.522 bits per heavy atom. The predicted molar refractivity (Wildman–Crippen MR) is 194 cm³/mol. The van der Waals surface area contributed by atoms with Crippen LogP contribution in [0.5, 0.6) is 0 Å². The molecule has 0 bridgehead atoms. The first-order valence-corrected chi connectivity index (χ1v) is 32.2. The minimum absolute atomic E-state index is 0.655. The van der Waals surface area contributed by atoms with Crippen LogP contribution in [-0.4, -0.2) is 132 Å². The van der Waals surface area contributed by atoms with Crippen LogP contribution >= 0.6 is 0 Å². The highest BCUT2D eigenvalue weighted by Crippen LogP contribution is 2.35. The number of rotatable bonds is 21. The fourth-order valence-corrected chi connectivity index (χ4v) is 31.1. The van der Waals surface area contributed by atoms with Crippen LogP contribution < -0.4 is 0 Å². The first kappa shape index (κ1) is 45.0. The van der Waals surface area contributed by atoms with Gasteiger partial charge in [-0.1, -0.05) is 6.42 Å². The molecule has 0 spiro atoms. The topological polar surface area (TPSA) is 120 Å². The molecule has 0 N–H and O–H groups in total. The van der Waals surface area contributed by atoms with Crippen LogP contribution in [0.15, 0.2) is 0 Å². The van der Waals surface area contributed by atoms with Crippen LogP contribution in [0.4, 0.5) is 0 Å². The first-order valence-electron chi connectivity index (χ1n) is 16.4. The summed E-state index contributed by atoms with van der Waals surface area (Å²) in [7, 11) is -3.26. The molecule has 4 unspecified atom stereocenters. The van der Waals surface area contributed by atoms with Crippen molar-refractivity contribution in [3.05, 3.63) is 0 Å². The van der Waals surface area contributed by atoms with Crippen LogP contribution in [0.25, 0.3) is 0 Å². The summed E-state index contributed by atoms with van der Waals surface area (Å²) in [4.78, 5) is 0. The van der Waals surface area contributed by atoms with E-state index in [1.165, 1.54) is 0 Å². The lowest BCUT2D eigenvalue weighted by atomic mass is 10.4. The Bertz CT molecular complexity index is 804. The Morgan fingerprint density at radius 3 is 1.26 bits per heavy atom. The normalized spacial score (nSPS) is 27.7. The van der Waals surface area contributed by atoms with E-state index >= 15 is 0 Å². The van der Waals surface area contributed by atoms with Gasteiger partial charge in [-0.05, 0) is 76.0 Å². The van der Waals surface area contributed by atoms with Crippen molar-refractivity contribution < 1.29 is 56.6 Å². The second-order valence-corrected chi connectivity index (χ2v) is 35.0. The lowest BCUT2D eigenvalue weighted by Gasteiger charge is -2.43. The smallest absolute Gasteiger partial charge is 0.439 e. The van der Waals surface area contributed by atoms with Crippen molar-refractivity contribution in [3.63, 3.8) is 0 Å². The lowest BCUT2D eigenvalue weighted by molar-refractivity contribution is 0.122. The Balaban J connectivity index is 3.43. The largest absolute Gasteiger partial charge is 0.500 e. The summed E-state index contributed by atoms with van der Waals surface area (Å²) in [5.74, 6) is 0. The van der Waals surface area contributed by atoms with Gasteiger partial charge in [-0.3, -0.25) is 0 Å². The number of hydrogen-bond donors (Lipinski definition) is 0. The molecule has 1 aliphatic rings. The average molecular weight is 783 g/mol. The summed E-state index contributed by atoms with van der Waals surface area (Å²) in [5, 5.41) is 0. The van der Waals surface area contributed by atoms with Gasteiger partial charge < -0.3 is 56.6 Å². The fraction of sp³-hybridized carbons (Fsp3) is 1.00. The molecule has 1 heterocycles. The third-order valence-electron chi connectivity index (χ3n) is 8.87. The van der Waals surface area contributed by atoms with Gasteiger partial charge in [-0.2, -0.15) is 0 Å². The van der Waals surface area contributed by atoms with Crippen molar-refractivity contribution in [2.45, 2.75) is 101 Å². The average Bonchev–Trinajstić information content (AvgIpc) is 3.03. The zero-order valence-corrected chi connectivity index (χ0v) is 38.2. The van der Waals surface area contributed by atoms with Gasteiger partial charge in [0.25, 0.3) is 0 Å². The van der Waals surface area contributed by atoms with Gasteiger partial charge >= 0.3 is 52.1 Å². The zero-order chi connectivity index (χ0) is 35.0. The summed E-state index contributed by atoms with van der Waals surface area (Å²) >= 11 is 0. The molecule has 276 valence electrons. The van der Waals surface area contributed by atoms with Crippen LogP contribution in [0.1, 0.15) is 32.1 Å². The van der Waals surface area contributed by atoms with Crippen molar-refractivity contribution in [3.8, 4) is 0 Å². The van der Waals surface area contributed by atoms with Gasteiger partial charge in [0, 0.05) is 88.7 Å². The minimum atomic E-state index is -2.91. The van der Waals surface area contributed by atoms with E-state index in [1.54, 1.807) is 64.0 Å². The third kappa shape index (κ3) is 14.3. The van der Waals surface area contributed by atoms with Crippen molar-refractivity contribution in [2.24, 2.45) is 0 Å². The molecule has 0 amide bonds. The molecular formula is C26H66O13Si7. The molecule has 20 heteroatoms. The van der Waals surface area contributed by atoms with Gasteiger partial charge in [-0.25, -0.2) is 0 Å². The second-order valence-electron chi connectivity index (χ2n) is 12.3. The van der Waals surface area contributed by atoms with E-state index < -0.39 is 61.1 Å². The van der Waals surface area contributed by atoms with Crippen LogP contribution in [0.3, 0.4) is 0 Å². The van der Waals surface area contributed by atoms with E-state index in [4.69, 9.17) is 56.6 Å². The standard InChI is InChI=1S/C26H66O13Si7/c1-27-44(28-2,29-3)24-16-21-41(11)36-19-14-15-20-40(10)37-42(12,22-17-25-45(30-4,31-5)32-6)39-43(13,38-41)23-18-26-46(33-7,34-8)35-9/h40H,14-26H2,1-13H3. The first-order chi connectivity index (χ1) is 21.7. The Kier molecular flexibility index (Phi) is 20.9. The Morgan fingerprint density at radius 2 is 0.870 bits per heavy atom. The van der Waals surface area contributed by atoms with Gasteiger partial charge in [0.05, 0.1) is 0 Å². The quantitative estimate of drug-likeness (QED) is 0.142. The summed E-state index contributed by atoms with van der Waals surface area (Å²) in [6.45, 7) is 9.51. The molecule has 0 aliphatic carbocycles. The third-order valence-corrected chi connectivity index (χ3v) is 33.7. The van der Waals surface area contributed by atoms with Crippen molar-refractivity contribution in [2.75, 3.05) is 70.6 Å². The Hall–Kier alpha value is 0.998. The second kappa shape index (κ2) is 21.4. The molecule has 4 atom stereocenters. The molecule has 0 aromatic rings. The molecule has 1 aliphatic heterocycles. The molecule has 1 fully saturated rings. The maximum Gasteiger partial charge on any atom is 0.500 e. The minimum Gasteiger partial charge on any atom is -0.439 e. The summed E-state index contributed by atoms with van der Waals surface area (Å²) in [5.41, 5.74) is 0. The maximum atomic E-state index is 7.35. The zero-order valence-electron chi connectivity index (χ0n) is 31.1. The van der Waals surface area contributed by atoms with Crippen molar-refractivity contribution in [1.29, 1.82) is 0 Å². The van der Waals surface area contributed by atoms with Gasteiger partial charge in [0.1, 0.15) is 0 Å². The molecule has 0 aromatic carbocycles. The summed E-state index contributed by atoms with van der Waals surface area (Å²) in [6.07, 6.45) is 4.42. The lowest BCUT2D eigenvalue weighted by Crippen LogP contribution is -2.59. The van der Waals surface area contributed by atoms with E-state index in [-0.39, 0.29) is 0 Å². The molecule has 1 saturated heterocycles. The Labute approximate surface area is 288 Å². The van der Waals surface area contributed by atoms with Crippen molar-refractivity contribution in [1.82, 2.24) is 0 Å². The monoisotopic (exact) mass is 782 g/mol. The molecule has 13 nitrogen and oxygen atoms in total. The van der Waals surface area contributed by atoms with Gasteiger partial charge in [0.15, 0.2) is 9.04 Å². The molecule has 0 radical (unpaired) electrons. The van der Waals surface area contributed by atoms with E-state index in [2.05, 4.69) is 26.2 Å². The van der Waals surface area contributed by atoms with E-state index in [9.17, 15) is 0 Å².